The first-order chi connectivity index (χ1) is 11.7. The molecule has 1 aromatic carbocycles. The number of rotatable bonds is 7. The third-order valence-electron chi connectivity index (χ3n) is 3.61. The number of Topliss-reactive ketones (excluding diaryl/α,β-unsaturated/α-hetero) is 1. The Balaban J connectivity index is 2.05. The van der Waals surface area contributed by atoms with Crippen LogP contribution in [0.4, 0.5) is 5.69 Å². The Morgan fingerprint density at radius 1 is 1.16 bits per heavy atom. The van der Waals surface area contributed by atoms with Crippen molar-refractivity contribution in [3.05, 3.63) is 46.2 Å². The van der Waals surface area contributed by atoms with Gasteiger partial charge in [0.15, 0.2) is 5.78 Å². The SMILES string of the molecule is Cc1ccc(NC(=O)CCC(=O)c2cccs2)cc1S(=O)(=O)N(C)C. The molecule has 2 rings (SSSR count). The van der Waals surface area contributed by atoms with E-state index in [0.29, 0.717) is 16.1 Å². The molecule has 0 saturated carbocycles. The molecule has 1 amide bonds. The van der Waals surface area contributed by atoms with Crippen molar-refractivity contribution in [2.75, 3.05) is 19.4 Å². The zero-order valence-corrected chi connectivity index (χ0v) is 15.9. The fraction of sp³-hybridized carbons (Fsp3) is 0.294. The van der Waals surface area contributed by atoms with Gasteiger partial charge in [0.1, 0.15) is 0 Å². The standard InChI is InChI=1S/C17H20N2O4S2/c1-12-6-7-13(11-16(12)25(22,23)19(2)3)18-17(21)9-8-14(20)15-5-4-10-24-15/h4-7,10-11H,8-9H2,1-3H3,(H,18,21). The van der Waals surface area contributed by atoms with Crippen LogP contribution in [0.15, 0.2) is 40.6 Å². The summed E-state index contributed by atoms with van der Waals surface area (Å²) in [5, 5.41) is 4.46. The summed E-state index contributed by atoms with van der Waals surface area (Å²) in [7, 11) is -0.683. The van der Waals surface area contributed by atoms with Crippen molar-refractivity contribution in [1.82, 2.24) is 4.31 Å². The normalized spacial score (nSPS) is 11.5. The smallest absolute Gasteiger partial charge is 0.242 e. The molecule has 1 heterocycles. The molecular weight excluding hydrogens is 360 g/mol. The number of aryl methyl sites for hydroxylation is 1. The maximum absolute atomic E-state index is 12.3. The number of carbonyl (C=O) groups excluding carboxylic acids is 2. The summed E-state index contributed by atoms with van der Waals surface area (Å²) in [5.74, 6) is -0.410. The van der Waals surface area contributed by atoms with Gasteiger partial charge in [-0.2, -0.15) is 0 Å². The van der Waals surface area contributed by atoms with Crippen molar-refractivity contribution in [3.8, 4) is 0 Å². The van der Waals surface area contributed by atoms with Crippen molar-refractivity contribution in [3.63, 3.8) is 0 Å². The van der Waals surface area contributed by atoms with Crippen molar-refractivity contribution in [1.29, 1.82) is 0 Å². The molecule has 0 spiro atoms. The largest absolute Gasteiger partial charge is 0.326 e. The van der Waals surface area contributed by atoms with Crippen LogP contribution < -0.4 is 5.32 Å². The molecule has 0 saturated heterocycles. The summed E-state index contributed by atoms with van der Waals surface area (Å²) in [4.78, 5) is 24.7. The summed E-state index contributed by atoms with van der Waals surface area (Å²) in [6.07, 6.45) is 0.154. The van der Waals surface area contributed by atoms with E-state index in [4.69, 9.17) is 0 Å². The van der Waals surface area contributed by atoms with E-state index < -0.39 is 10.0 Å². The third-order valence-corrected chi connectivity index (χ3v) is 6.47. The first-order valence-corrected chi connectivity index (χ1v) is 9.93. The lowest BCUT2D eigenvalue weighted by molar-refractivity contribution is -0.116. The Bertz CT molecular complexity index is 872. The minimum absolute atomic E-state index is 0.0420. The molecular formula is C17H20N2O4S2. The molecule has 2 aromatic rings. The van der Waals surface area contributed by atoms with Crippen molar-refractivity contribution in [2.24, 2.45) is 0 Å². The molecule has 0 aliphatic rings. The number of benzene rings is 1. The van der Waals surface area contributed by atoms with Crippen LogP contribution in [0, 0.1) is 6.92 Å². The number of nitrogens with one attached hydrogen (secondary N) is 1. The van der Waals surface area contributed by atoms with Gasteiger partial charge in [-0.3, -0.25) is 9.59 Å². The molecule has 0 atom stereocenters. The molecule has 134 valence electrons. The monoisotopic (exact) mass is 380 g/mol. The van der Waals surface area contributed by atoms with Gasteiger partial charge >= 0.3 is 0 Å². The maximum atomic E-state index is 12.3. The fourth-order valence-corrected chi connectivity index (χ4v) is 4.00. The lowest BCUT2D eigenvalue weighted by Gasteiger charge is -2.15. The lowest BCUT2D eigenvalue weighted by Crippen LogP contribution is -2.23. The Hall–Kier alpha value is -2.03. The Morgan fingerprint density at radius 2 is 1.88 bits per heavy atom. The molecule has 0 unspecified atom stereocenters. The highest BCUT2D eigenvalue weighted by atomic mass is 32.2. The number of sulfonamides is 1. The van der Waals surface area contributed by atoms with Crippen molar-refractivity contribution >= 4 is 38.7 Å². The minimum atomic E-state index is -3.59. The number of hydrogen-bond donors (Lipinski definition) is 1. The average Bonchev–Trinajstić information content (AvgIpc) is 3.08. The van der Waals surface area contributed by atoms with Gasteiger partial charge < -0.3 is 5.32 Å². The van der Waals surface area contributed by atoms with Crippen LogP contribution in [0.5, 0.6) is 0 Å². The van der Waals surface area contributed by atoms with E-state index in [1.54, 1.807) is 31.2 Å². The van der Waals surface area contributed by atoms with E-state index in [0.717, 1.165) is 4.31 Å². The molecule has 25 heavy (non-hydrogen) atoms. The van der Waals surface area contributed by atoms with Crippen molar-refractivity contribution < 1.29 is 18.0 Å². The topological polar surface area (TPSA) is 83.5 Å². The van der Waals surface area contributed by atoms with Crippen LogP contribution in [0.25, 0.3) is 0 Å². The van der Waals surface area contributed by atoms with Gasteiger partial charge in [0, 0.05) is 32.6 Å². The van der Waals surface area contributed by atoms with E-state index in [2.05, 4.69) is 5.32 Å². The van der Waals surface area contributed by atoms with Gasteiger partial charge in [-0.05, 0) is 36.1 Å². The highest BCUT2D eigenvalue weighted by Gasteiger charge is 2.20. The molecule has 8 heteroatoms. The Morgan fingerprint density at radius 3 is 2.48 bits per heavy atom. The number of carbonyl (C=O) groups is 2. The summed E-state index contributed by atoms with van der Waals surface area (Å²) in [6.45, 7) is 1.70. The van der Waals surface area contributed by atoms with Gasteiger partial charge in [0.05, 0.1) is 9.77 Å². The van der Waals surface area contributed by atoms with Gasteiger partial charge in [-0.1, -0.05) is 12.1 Å². The first kappa shape index (κ1) is 19.3. The molecule has 0 aliphatic heterocycles. The van der Waals surface area contributed by atoms with E-state index in [1.165, 1.54) is 31.5 Å². The zero-order chi connectivity index (χ0) is 18.6. The van der Waals surface area contributed by atoms with Crippen LogP contribution in [0.3, 0.4) is 0 Å². The number of hydrogen-bond acceptors (Lipinski definition) is 5. The van der Waals surface area contributed by atoms with Crippen LogP contribution >= 0.6 is 11.3 Å². The number of ketones is 1. The highest BCUT2D eigenvalue weighted by Crippen LogP contribution is 2.22. The Labute approximate surface area is 151 Å². The second kappa shape index (κ2) is 7.90. The second-order valence-electron chi connectivity index (χ2n) is 5.72. The predicted octanol–water partition coefficient (Wildman–Crippen LogP) is 2.91. The molecule has 0 aliphatic carbocycles. The Kier molecular flexibility index (Phi) is 6.10. The van der Waals surface area contributed by atoms with E-state index in [-0.39, 0.29) is 29.4 Å². The molecule has 0 radical (unpaired) electrons. The summed E-state index contributed by atoms with van der Waals surface area (Å²) < 4.78 is 25.7. The second-order valence-corrected chi connectivity index (χ2v) is 8.78. The van der Waals surface area contributed by atoms with E-state index in [1.807, 2.05) is 5.38 Å². The van der Waals surface area contributed by atoms with Gasteiger partial charge in [-0.15, -0.1) is 11.3 Å². The lowest BCUT2D eigenvalue weighted by atomic mass is 10.2. The summed E-state index contributed by atoms with van der Waals surface area (Å²) in [5.41, 5.74) is 0.985. The predicted molar refractivity (Wildman–Crippen MR) is 98.6 cm³/mol. The molecule has 0 fully saturated rings. The molecule has 6 nitrogen and oxygen atoms in total. The van der Waals surface area contributed by atoms with Crippen LogP contribution in [0.2, 0.25) is 0 Å². The molecule has 1 N–H and O–H groups in total. The molecule has 1 aromatic heterocycles. The number of amides is 1. The van der Waals surface area contributed by atoms with Crippen LogP contribution in [-0.4, -0.2) is 38.5 Å². The zero-order valence-electron chi connectivity index (χ0n) is 14.3. The average molecular weight is 380 g/mol. The van der Waals surface area contributed by atoms with Gasteiger partial charge in [0.2, 0.25) is 15.9 Å². The fourth-order valence-electron chi connectivity index (χ4n) is 2.16. The maximum Gasteiger partial charge on any atom is 0.242 e. The van der Waals surface area contributed by atoms with Crippen molar-refractivity contribution in [2.45, 2.75) is 24.7 Å². The minimum Gasteiger partial charge on any atom is -0.326 e. The number of thiophene rings is 1. The third kappa shape index (κ3) is 4.75. The van der Waals surface area contributed by atoms with E-state index >= 15 is 0 Å². The summed E-state index contributed by atoms with van der Waals surface area (Å²) >= 11 is 1.34. The van der Waals surface area contributed by atoms with E-state index in [9.17, 15) is 18.0 Å². The number of nitrogens with zero attached hydrogens (tertiary/aromatic N) is 1. The van der Waals surface area contributed by atoms with Crippen LogP contribution in [-0.2, 0) is 14.8 Å². The molecule has 0 bridgehead atoms. The van der Waals surface area contributed by atoms with Gasteiger partial charge in [-0.25, -0.2) is 12.7 Å². The number of anilines is 1. The van der Waals surface area contributed by atoms with Gasteiger partial charge in [0.25, 0.3) is 0 Å². The quantitative estimate of drug-likeness (QED) is 0.749. The first-order valence-electron chi connectivity index (χ1n) is 7.61. The van der Waals surface area contributed by atoms with Crippen LogP contribution in [0.1, 0.15) is 28.1 Å². The highest BCUT2D eigenvalue weighted by molar-refractivity contribution is 7.89. The summed E-state index contributed by atoms with van der Waals surface area (Å²) in [6, 6.07) is 8.23.